The van der Waals surface area contributed by atoms with Gasteiger partial charge >= 0.3 is 12.2 Å². The number of nitrogens with zero attached hydrogens (tertiary/aromatic N) is 4. The Kier molecular flexibility index (Phi) is 5.86. The van der Waals surface area contributed by atoms with Crippen molar-refractivity contribution in [3.8, 4) is 0 Å². The molecule has 0 saturated carbocycles. The SMILES string of the molecule is CC(C)(C)c1nc(CN2CC(c3cccc(C(F)(F)F)c3)N(c3ccc(Cl)cc3)C2=O)no1. The Morgan fingerprint density at radius 3 is 2.42 bits per heavy atom. The van der Waals surface area contributed by atoms with Gasteiger partial charge in [0.15, 0.2) is 5.82 Å². The van der Waals surface area contributed by atoms with Crippen LogP contribution in [-0.2, 0) is 18.1 Å². The summed E-state index contributed by atoms with van der Waals surface area (Å²) in [4.78, 5) is 20.7. The van der Waals surface area contributed by atoms with Gasteiger partial charge in [0.25, 0.3) is 0 Å². The van der Waals surface area contributed by atoms with E-state index in [0.717, 1.165) is 12.1 Å². The van der Waals surface area contributed by atoms with E-state index < -0.39 is 17.8 Å². The monoisotopic (exact) mass is 478 g/mol. The van der Waals surface area contributed by atoms with Gasteiger partial charge in [0.1, 0.15) is 0 Å². The summed E-state index contributed by atoms with van der Waals surface area (Å²) in [7, 11) is 0. The molecule has 3 aromatic rings. The van der Waals surface area contributed by atoms with Crippen molar-refractivity contribution in [1.29, 1.82) is 0 Å². The number of rotatable bonds is 4. The Morgan fingerprint density at radius 2 is 1.82 bits per heavy atom. The van der Waals surface area contributed by atoms with E-state index in [9.17, 15) is 18.0 Å². The zero-order chi connectivity index (χ0) is 24.0. The lowest BCUT2D eigenvalue weighted by Gasteiger charge is -2.24. The van der Waals surface area contributed by atoms with Crippen molar-refractivity contribution < 1.29 is 22.5 Å². The minimum absolute atomic E-state index is 0.0674. The fourth-order valence-electron chi connectivity index (χ4n) is 3.65. The number of carbonyl (C=O) groups is 1. The highest BCUT2D eigenvalue weighted by molar-refractivity contribution is 6.30. The molecule has 2 aromatic carbocycles. The number of alkyl halides is 3. The molecule has 33 heavy (non-hydrogen) atoms. The summed E-state index contributed by atoms with van der Waals surface area (Å²) in [5.41, 5.74) is -0.220. The molecule has 0 spiro atoms. The van der Waals surface area contributed by atoms with Crippen LogP contribution in [0, 0.1) is 0 Å². The van der Waals surface area contributed by atoms with Gasteiger partial charge in [-0.3, -0.25) is 4.90 Å². The second-order valence-corrected chi connectivity index (χ2v) is 9.35. The lowest BCUT2D eigenvalue weighted by Crippen LogP contribution is -2.32. The van der Waals surface area contributed by atoms with E-state index in [1.165, 1.54) is 15.9 Å². The highest BCUT2D eigenvalue weighted by Crippen LogP contribution is 2.38. The van der Waals surface area contributed by atoms with Crippen LogP contribution in [0.4, 0.5) is 23.7 Å². The van der Waals surface area contributed by atoms with Gasteiger partial charge in [0, 0.05) is 22.7 Å². The molecule has 174 valence electrons. The first kappa shape index (κ1) is 23.1. The third-order valence-electron chi connectivity index (χ3n) is 5.33. The van der Waals surface area contributed by atoms with E-state index in [2.05, 4.69) is 10.1 Å². The van der Waals surface area contributed by atoms with Crippen LogP contribution in [0.5, 0.6) is 0 Å². The van der Waals surface area contributed by atoms with Gasteiger partial charge in [-0.15, -0.1) is 0 Å². The summed E-state index contributed by atoms with van der Waals surface area (Å²) < 4.78 is 45.3. The Labute approximate surface area is 193 Å². The summed E-state index contributed by atoms with van der Waals surface area (Å²) in [6, 6.07) is 10.6. The highest BCUT2D eigenvalue weighted by atomic mass is 35.5. The number of amides is 2. The lowest BCUT2D eigenvalue weighted by molar-refractivity contribution is -0.137. The minimum atomic E-state index is -4.49. The molecule has 1 aliphatic heterocycles. The molecule has 2 heterocycles. The maximum Gasteiger partial charge on any atom is 0.416 e. The average molecular weight is 479 g/mol. The number of urea groups is 1. The van der Waals surface area contributed by atoms with Gasteiger partial charge < -0.3 is 9.42 Å². The zero-order valence-corrected chi connectivity index (χ0v) is 19.0. The fraction of sp³-hybridized carbons (Fsp3) is 0.348. The fourth-order valence-corrected chi connectivity index (χ4v) is 3.77. The molecule has 0 bridgehead atoms. The maximum absolute atomic E-state index is 13.4. The summed E-state index contributed by atoms with van der Waals surface area (Å²) >= 11 is 5.99. The summed E-state index contributed by atoms with van der Waals surface area (Å²) in [5.74, 6) is 0.766. The van der Waals surface area contributed by atoms with Crippen molar-refractivity contribution in [2.75, 3.05) is 11.4 Å². The van der Waals surface area contributed by atoms with E-state index in [-0.39, 0.29) is 24.5 Å². The minimum Gasteiger partial charge on any atom is -0.339 e. The highest BCUT2D eigenvalue weighted by Gasteiger charge is 2.41. The van der Waals surface area contributed by atoms with Crippen molar-refractivity contribution in [3.05, 3.63) is 76.4 Å². The summed E-state index contributed by atoms with van der Waals surface area (Å²) in [5, 5.41) is 4.45. The molecule has 0 radical (unpaired) electrons. The van der Waals surface area contributed by atoms with Crippen LogP contribution in [0.25, 0.3) is 0 Å². The molecule has 0 N–H and O–H groups in total. The van der Waals surface area contributed by atoms with Crippen LogP contribution in [-0.4, -0.2) is 27.6 Å². The van der Waals surface area contributed by atoms with Crippen LogP contribution < -0.4 is 4.90 Å². The maximum atomic E-state index is 13.4. The van der Waals surface area contributed by atoms with Crippen molar-refractivity contribution in [2.45, 2.75) is 44.9 Å². The second kappa shape index (κ2) is 8.37. The van der Waals surface area contributed by atoms with Gasteiger partial charge in [0.2, 0.25) is 5.89 Å². The molecule has 6 nitrogen and oxygen atoms in total. The Bertz CT molecular complexity index is 1160. The molecule has 1 aromatic heterocycles. The van der Waals surface area contributed by atoms with Crippen molar-refractivity contribution >= 4 is 23.3 Å². The van der Waals surface area contributed by atoms with Gasteiger partial charge in [0.05, 0.1) is 18.2 Å². The topological polar surface area (TPSA) is 62.5 Å². The van der Waals surface area contributed by atoms with Crippen LogP contribution in [0.3, 0.4) is 0 Å². The van der Waals surface area contributed by atoms with Crippen molar-refractivity contribution in [3.63, 3.8) is 0 Å². The van der Waals surface area contributed by atoms with Crippen molar-refractivity contribution in [2.24, 2.45) is 0 Å². The largest absolute Gasteiger partial charge is 0.416 e. The Morgan fingerprint density at radius 1 is 1.12 bits per heavy atom. The van der Waals surface area contributed by atoms with Gasteiger partial charge in [-0.25, -0.2) is 4.79 Å². The Hall–Kier alpha value is -3.07. The smallest absolute Gasteiger partial charge is 0.339 e. The predicted molar refractivity (Wildman–Crippen MR) is 117 cm³/mol. The number of halogens is 4. The normalized spacial score (nSPS) is 17.2. The molecule has 1 atom stereocenters. The lowest BCUT2D eigenvalue weighted by atomic mass is 9.97. The predicted octanol–water partition coefficient (Wildman–Crippen LogP) is 6.22. The van der Waals surface area contributed by atoms with Gasteiger partial charge in [-0.1, -0.05) is 49.7 Å². The van der Waals surface area contributed by atoms with Crippen LogP contribution >= 0.6 is 11.6 Å². The van der Waals surface area contributed by atoms with Crippen molar-refractivity contribution in [1.82, 2.24) is 15.0 Å². The average Bonchev–Trinajstić information content (AvgIpc) is 3.34. The quantitative estimate of drug-likeness (QED) is 0.446. The van der Waals surface area contributed by atoms with E-state index >= 15 is 0 Å². The summed E-state index contributed by atoms with van der Waals surface area (Å²) in [6.07, 6.45) is -4.49. The van der Waals surface area contributed by atoms with E-state index in [1.807, 2.05) is 20.8 Å². The number of hydrogen-bond donors (Lipinski definition) is 0. The molecule has 2 amide bonds. The number of hydrogen-bond acceptors (Lipinski definition) is 4. The molecular weight excluding hydrogens is 457 g/mol. The zero-order valence-electron chi connectivity index (χ0n) is 18.2. The molecular formula is C23H22ClF3N4O2. The number of benzene rings is 2. The number of carbonyl (C=O) groups excluding carboxylic acids is 1. The van der Waals surface area contributed by atoms with Crippen LogP contribution in [0.1, 0.15) is 49.7 Å². The standard InChI is InChI=1S/C23H22ClF3N4O2/c1-22(2,3)20-28-19(29-33-20)13-30-12-18(14-5-4-6-15(11-14)23(25,26)27)31(21(30)32)17-9-7-16(24)8-10-17/h4-11,18H,12-13H2,1-3H3. The molecule has 1 fully saturated rings. The van der Waals surface area contributed by atoms with E-state index in [0.29, 0.717) is 28.0 Å². The molecule has 1 unspecified atom stereocenters. The third-order valence-corrected chi connectivity index (χ3v) is 5.58. The molecule has 1 saturated heterocycles. The number of anilines is 1. The first-order valence-corrected chi connectivity index (χ1v) is 10.7. The van der Waals surface area contributed by atoms with E-state index in [1.54, 1.807) is 30.3 Å². The van der Waals surface area contributed by atoms with Gasteiger partial charge in [-0.05, 0) is 42.0 Å². The summed E-state index contributed by atoms with van der Waals surface area (Å²) in [6.45, 7) is 6.01. The first-order valence-electron chi connectivity index (χ1n) is 10.3. The molecule has 1 aliphatic rings. The van der Waals surface area contributed by atoms with Gasteiger partial charge in [-0.2, -0.15) is 18.2 Å². The van der Waals surface area contributed by atoms with Crippen LogP contribution in [0.2, 0.25) is 5.02 Å². The molecule has 10 heteroatoms. The molecule has 0 aliphatic carbocycles. The van der Waals surface area contributed by atoms with Crippen LogP contribution in [0.15, 0.2) is 53.1 Å². The number of aromatic nitrogens is 2. The second-order valence-electron chi connectivity index (χ2n) is 8.91. The molecule has 4 rings (SSSR count). The van der Waals surface area contributed by atoms with E-state index in [4.69, 9.17) is 16.1 Å². The Balaban J connectivity index is 1.69. The third kappa shape index (κ3) is 4.83. The first-order chi connectivity index (χ1) is 15.4.